The minimum atomic E-state index is -0.414. The minimum Gasteiger partial charge on any atom is -0.464 e. The number of aromatic amines is 1. The molecule has 0 saturated heterocycles. The Morgan fingerprint density at radius 1 is 1.61 bits per heavy atom. The highest BCUT2D eigenvalue weighted by Gasteiger charge is 2.17. The van der Waals surface area contributed by atoms with Crippen LogP contribution in [0.1, 0.15) is 34.2 Å². The van der Waals surface area contributed by atoms with Crippen molar-refractivity contribution in [1.82, 2.24) is 15.0 Å². The average Bonchev–Trinajstić information content (AvgIpc) is 2.97. The molecule has 2 heterocycles. The van der Waals surface area contributed by atoms with Crippen molar-refractivity contribution in [2.24, 2.45) is 0 Å². The van der Waals surface area contributed by atoms with Crippen LogP contribution in [0.4, 0.5) is 5.13 Å². The standard InChI is InChI=1S/C11H14N4O2S/c1-6(9-12-4-5-13-9)14-11-15-8(7(2)18-11)10(16)17-3/h4-6H,1-3H3,(H,12,13)(H,14,15). The molecule has 0 bridgehead atoms. The second kappa shape index (κ2) is 5.18. The van der Waals surface area contributed by atoms with Gasteiger partial charge in [0.15, 0.2) is 10.8 Å². The topological polar surface area (TPSA) is 79.9 Å². The molecule has 0 amide bonds. The summed E-state index contributed by atoms with van der Waals surface area (Å²) in [6.45, 7) is 3.81. The Hall–Kier alpha value is -1.89. The molecule has 0 aliphatic carbocycles. The normalized spacial score (nSPS) is 12.2. The number of thiazole rings is 1. The Morgan fingerprint density at radius 3 is 3.00 bits per heavy atom. The van der Waals surface area contributed by atoms with Crippen LogP contribution in [-0.2, 0) is 4.74 Å². The number of carbonyl (C=O) groups is 1. The highest BCUT2D eigenvalue weighted by atomic mass is 32.1. The Bertz CT molecular complexity index is 535. The summed E-state index contributed by atoms with van der Waals surface area (Å²) < 4.78 is 4.67. The first-order valence-electron chi connectivity index (χ1n) is 5.43. The van der Waals surface area contributed by atoms with E-state index in [0.29, 0.717) is 10.8 Å². The second-order valence-corrected chi connectivity index (χ2v) is 4.96. The summed E-state index contributed by atoms with van der Waals surface area (Å²) in [7, 11) is 1.35. The van der Waals surface area contributed by atoms with Gasteiger partial charge in [0.25, 0.3) is 0 Å². The minimum absolute atomic E-state index is 0.00366. The van der Waals surface area contributed by atoms with Crippen LogP contribution >= 0.6 is 11.3 Å². The Labute approximate surface area is 108 Å². The Kier molecular flexibility index (Phi) is 3.61. The maximum absolute atomic E-state index is 11.4. The molecule has 2 rings (SSSR count). The lowest BCUT2D eigenvalue weighted by molar-refractivity contribution is 0.0594. The maximum atomic E-state index is 11.4. The third-order valence-electron chi connectivity index (χ3n) is 2.44. The molecular formula is C11H14N4O2S. The van der Waals surface area contributed by atoms with Crippen molar-refractivity contribution in [1.29, 1.82) is 0 Å². The third kappa shape index (κ3) is 2.51. The number of aromatic nitrogens is 3. The molecule has 0 aliphatic rings. The largest absolute Gasteiger partial charge is 0.464 e. The zero-order valence-corrected chi connectivity index (χ0v) is 11.2. The summed E-state index contributed by atoms with van der Waals surface area (Å²) in [4.78, 5) is 23.7. The lowest BCUT2D eigenvalue weighted by Gasteiger charge is -2.09. The van der Waals surface area contributed by atoms with Crippen molar-refractivity contribution in [3.05, 3.63) is 28.8 Å². The van der Waals surface area contributed by atoms with Gasteiger partial charge in [0.1, 0.15) is 5.82 Å². The Balaban J connectivity index is 2.13. The Morgan fingerprint density at radius 2 is 2.39 bits per heavy atom. The van der Waals surface area contributed by atoms with Crippen molar-refractivity contribution in [3.8, 4) is 0 Å². The van der Waals surface area contributed by atoms with E-state index in [1.807, 2.05) is 13.8 Å². The number of carbonyl (C=O) groups excluding carboxylic acids is 1. The SMILES string of the molecule is COC(=O)c1nc(NC(C)c2ncc[nH]2)sc1C. The second-order valence-electron chi connectivity index (χ2n) is 3.76. The molecule has 2 aromatic heterocycles. The molecule has 18 heavy (non-hydrogen) atoms. The van der Waals surface area contributed by atoms with Crippen molar-refractivity contribution in [2.75, 3.05) is 12.4 Å². The van der Waals surface area contributed by atoms with Gasteiger partial charge in [-0.05, 0) is 13.8 Å². The van der Waals surface area contributed by atoms with Gasteiger partial charge < -0.3 is 15.0 Å². The molecule has 2 N–H and O–H groups in total. The summed E-state index contributed by atoms with van der Waals surface area (Å²) in [6, 6.07) is -0.00366. The number of hydrogen-bond donors (Lipinski definition) is 2. The van der Waals surface area contributed by atoms with Gasteiger partial charge in [0.2, 0.25) is 0 Å². The lowest BCUT2D eigenvalue weighted by atomic mass is 10.3. The monoisotopic (exact) mass is 266 g/mol. The van der Waals surface area contributed by atoms with Crippen LogP contribution in [0.15, 0.2) is 12.4 Å². The van der Waals surface area contributed by atoms with Crippen molar-refractivity contribution < 1.29 is 9.53 Å². The van der Waals surface area contributed by atoms with Gasteiger partial charge >= 0.3 is 5.97 Å². The third-order valence-corrected chi connectivity index (χ3v) is 3.35. The number of esters is 1. The quantitative estimate of drug-likeness (QED) is 0.829. The van der Waals surface area contributed by atoms with Crippen molar-refractivity contribution in [2.45, 2.75) is 19.9 Å². The number of anilines is 1. The van der Waals surface area contributed by atoms with Gasteiger partial charge in [-0.1, -0.05) is 0 Å². The number of aryl methyl sites for hydroxylation is 1. The first-order valence-corrected chi connectivity index (χ1v) is 6.25. The van der Waals surface area contributed by atoms with E-state index in [2.05, 4.69) is 25.0 Å². The number of rotatable bonds is 4. The number of ether oxygens (including phenoxy) is 1. The molecular weight excluding hydrogens is 252 g/mol. The molecule has 7 heteroatoms. The summed E-state index contributed by atoms with van der Waals surface area (Å²) in [6.07, 6.45) is 3.46. The first kappa shape index (κ1) is 12.6. The van der Waals surface area contributed by atoms with Crippen molar-refractivity contribution >= 4 is 22.4 Å². The number of nitrogens with zero attached hydrogens (tertiary/aromatic N) is 2. The fourth-order valence-corrected chi connectivity index (χ4v) is 2.40. The number of nitrogens with one attached hydrogen (secondary N) is 2. The molecule has 1 unspecified atom stereocenters. The van der Waals surface area contributed by atoms with Gasteiger partial charge in [-0.2, -0.15) is 0 Å². The number of hydrogen-bond acceptors (Lipinski definition) is 6. The van der Waals surface area contributed by atoms with Gasteiger partial charge in [-0.25, -0.2) is 14.8 Å². The van der Waals surface area contributed by atoms with Gasteiger partial charge in [-0.15, -0.1) is 11.3 Å². The van der Waals surface area contributed by atoms with E-state index < -0.39 is 5.97 Å². The molecule has 0 spiro atoms. The molecule has 0 fully saturated rings. The molecule has 1 atom stereocenters. The highest BCUT2D eigenvalue weighted by Crippen LogP contribution is 2.25. The molecule has 2 aromatic rings. The van der Waals surface area contributed by atoms with Crippen LogP contribution in [0.2, 0.25) is 0 Å². The molecule has 96 valence electrons. The number of methoxy groups -OCH3 is 1. The van der Waals surface area contributed by atoms with Crippen LogP contribution in [0.5, 0.6) is 0 Å². The van der Waals surface area contributed by atoms with E-state index in [0.717, 1.165) is 10.7 Å². The molecule has 0 aliphatic heterocycles. The summed E-state index contributed by atoms with van der Waals surface area (Å²) in [5, 5.41) is 3.87. The van der Waals surface area contributed by atoms with E-state index in [4.69, 9.17) is 0 Å². The average molecular weight is 266 g/mol. The fourth-order valence-electron chi connectivity index (χ4n) is 1.51. The van der Waals surface area contributed by atoms with E-state index >= 15 is 0 Å². The number of H-pyrrole nitrogens is 1. The van der Waals surface area contributed by atoms with E-state index in [1.165, 1.54) is 18.4 Å². The van der Waals surface area contributed by atoms with E-state index in [9.17, 15) is 4.79 Å². The van der Waals surface area contributed by atoms with Crippen LogP contribution in [0, 0.1) is 6.92 Å². The van der Waals surface area contributed by atoms with Gasteiger partial charge in [-0.3, -0.25) is 0 Å². The first-order chi connectivity index (χ1) is 8.61. The maximum Gasteiger partial charge on any atom is 0.357 e. The smallest absolute Gasteiger partial charge is 0.357 e. The van der Waals surface area contributed by atoms with E-state index in [-0.39, 0.29) is 6.04 Å². The predicted molar refractivity (Wildman–Crippen MR) is 68.8 cm³/mol. The molecule has 0 saturated carbocycles. The van der Waals surface area contributed by atoms with Crippen LogP contribution in [-0.4, -0.2) is 28.0 Å². The zero-order valence-electron chi connectivity index (χ0n) is 10.4. The van der Waals surface area contributed by atoms with Crippen LogP contribution in [0.25, 0.3) is 0 Å². The zero-order chi connectivity index (χ0) is 13.1. The summed E-state index contributed by atoms with van der Waals surface area (Å²) >= 11 is 1.42. The highest BCUT2D eigenvalue weighted by molar-refractivity contribution is 7.15. The number of imidazole rings is 1. The van der Waals surface area contributed by atoms with Gasteiger partial charge in [0.05, 0.1) is 13.2 Å². The van der Waals surface area contributed by atoms with Crippen LogP contribution in [0.3, 0.4) is 0 Å². The molecule has 0 radical (unpaired) electrons. The van der Waals surface area contributed by atoms with Gasteiger partial charge in [0, 0.05) is 17.3 Å². The summed E-state index contributed by atoms with van der Waals surface area (Å²) in [5.74, 6) is 0.407. The molecule has 6 nitrogen and oxygen atoms in total. The molecule has 0 aromatic carbocycles. The fraction of sp³-hybridized carbons (Fsp3) is 0.364. The van der Waals surface area contributed by atoms with Crippen molar-refractivity contribution in [3.63, 3.8) is 0 Å². The summed E-state index contributed by atoms with van der Waals surface area (Å²) in [5.41, 5.74) is 0.358. The van der Waals surface area contributed by atoms with Crippen LogP contribution < -0.4 is 5.32 Å². The lowest BCUT2D eigenvalue weighted by Crippen LogP contribution is -2.09. The predicted octanol–water partition coefficient (Wildman–Crippen LogP) is 2.13. The van der Waals surface area contributed by atoms with E-state index in [1.54, 1.807) is 12.4 Å².